The highest BCUT2D eigenvalue weighted by Gasteiger charge is 2.18. The molecule has 17 heavy (non-hydrogen) atoms. The first-order valence-corrected chi connectivity index (χ1v) is 8.75. The van der Waals surface area contributed by atoms with Crippen LogP contribution in [0.25, 0.3) is 0 Å². The molecule has 2 rings (SSSR count). The molecule has 0 spiro atoms. The van der Waals surface area contributed by atoms with Gasteiger partial charge in [-0.15, -0.1) is 11.3 Å². The van der Waals surface area contributed by atoms with Crippen molar-refractivity contribution in [1.29, 1.82) is 0 Å². The molecule has 0 N–H and O–H groups in total. The van der Waals surface area contributed by atoms with Gasteiger partial charge >= 0.3 is 0 Å². The van der Waals surface area contributed by atoms with Gasteiger partial charge in [0.15, 0.2) is 0 Å². The van der Waals surface area contributed by atoms with E-state index in [0.29, 0.717) is 0 Å². The summed E-state index contributed by atoms with van der Waals surface area (Å²) >= 11 is 11.7. The van der Waals surface area contributed by atoms with Crippen LogP contribution >= 0.6 is 65.8 Å². The summed E-state index contributed by atoms with van der Waals surface area (Å²) in [5.74, 6) is 0. The standard InChI is InChI=1S/C13H11Br2IS/c1-7-5-8(2)17-13(7)12(15)10-6-9(16)3-4-11(10)14/h3-6,12H,1-2H3. The van der Waals surface area contributed by atoms with E-state index in [0.717, 1.165) is 4.47 Å². The Labute approximate surface area is 136 Å². The fourth-order valence-corrected chi connectivity index (χ4v) is 5.11. The monoisotopic (exact) mass is 484 g/mol. The highest BCUT2D eigenvalue weighted by molar-refractivity contribution is 14.1. The highest BCUT2D eigenvalue weighted by Crippen LogP contribution is 2.41. The van der Waals surface area contributed by atoms with Crippen LogP contribution in [0.1, 0.15) is 25.7 Å². The molecule has 0 aliphatic carbocycles. The molecule has 0 saturated carbocycles. The molecule has 1 heterocycles. The molecule has 4 heteroatoms. The van der Waals surface area contributed by atoms with Crippen molar-refractivity contribution in [3.8, 4) is 0 Å². The summed E-state index contributed by atoms with van der Waals surface area (Å²) in [7, 11) is 0. The summed E-state index contributed by atoms with van der Waals surface area (Å²) < 4.78 is 2.42. The number of aryl methyl sites for hydroxylation is 2. The van der Waals surface area contributed by atoms with E-state index in [2.05, 4.69) is 92.6 Å². The second-order valence-corrected chi connectivity index (χ2v) is 8.24. The first-order chi connectivity index (χ1) is 7.99. The van der Waals surface area contributed by atoms with E-state index in [1.54, 1.807) is 0 Å². The number of thiophene rings is 1. The lowest BCUT2D eigenvalue weighted by molar-refractivity contribution is 1.18. The van der Waals surface area contributed by atoms with Gasteiger partial charge in [-0.25, -0.2) is 0 Å². The van der Waals surface area contributed by atoms with Crippen molar-refractivity contribution in [3.63, 3.8) is 0 Å². The number of benzene rings is 1. The maximum atomic E-state index is 3.82. The number of halogens is 3. The molecule has 1 unspecified atom stereocenters. The van der Waals surface area contributed by atoms with Crippen LogP contribution in [0.5, 0.6) is 0 Å². The molecule has 0 amide bonds. The normalized spacial score (nSPS) is 12.8. The zero-order valence-corrected chi connectivity index (χ0v) is 15.6. The second kappa shape index (κ2) is 5.72. The minimum absolute atomic E-state index is 0.269. The van der Waals surface area contributed by atoms with Crippen LogP contribution in [-0.4, -0.2) is 0 Å². The molecule has 0 bridgehead atoms. The lowest BCUT2D eigenvalue weighted by Gasteiger charge is -2.12. The molecule has 0 aliphatic rings. The Morgan fingerprint density at radius 1 is 1.24 bits per heavy atom. The van der Waals surface area contributed by atoms with Gasteiger partial charge in [-0.05, 0) is 71.8 Å². The third-order valence-electron chi connectivity index (χ3n) is 2.54. The molecule has 0 radical (unpaired) electrons. The van der Waals surface area contributed by atoms with Crippen molar-refractivity contribution in [2.45, 2.75) is 18.7 Å². The quantitative estimate of drug-likeness (QED) is 0.350. The second-order valence-electron chi connectivity index (χ2n) is 3.93. The summed E-state index contributed by atoms with van der Waals surface area (Å²) in [5, 5.41) is 0. The Hall–Kier alpha value is 0.610. The molecule has 1 aromatic carbocycles. The first-order valence-electron chi connectivity index (χ1n) is 5.15. The van der Waals surface area contributed by atoms with E-state index in [1.165, 1.54) is 24.5 Å². The van der Waals surface area contributed by atoms with Crippen molar-refractivity contribution < 1.29 is 0 Å². The molecule has 90 valence electrons. The SMILES string of the molecule is Cc1cc(C)c(C(Br)c2cc(I)ccc2Br)s1. The van der Waals surface area contributed by atoms with E-state index in [9.17, 15) is 0 Å². The summed E-state index contributed by atoms with van der Waals surface area (Å²) in [4.78, 5) is 3.03. The van der Waals surface area contributed by atoms with Crippen LogP contribution < -0.4 is 0 Å². The third kappa shape index (κ3) is 3.14. The van der Waals surface area contributed by atoms with Crippen molar-refractivity contribution in [1.82, 2.24) is 0 Å². The number of rotatable bonds is 2. The van der Waals surface area contributed by atoms with Crippen LogP contribution in [0.3, 0.4) is 0 Å². The smallest absolute Gasteiger partial charge is 0.0752 e. The van der Waals surface area contributed by atoms with Crippen LogP contribution in [0.2, 0.25) is 0 Å². The lowest BCUT2D eigenvalue weighted by Crippen LogP contribution is -1.94. The van der Waals surface area contributed by atoms with Gasteiger partial charge in [0.1, 0.15) is 0 Å². The Kier molecular flexibility index (Phi) is 4.72. The molecule has 0 fully saturated rings. The Morgan fingerprint density at radius 3 is 2.53 bits per heavy atom. The highest BCUT2D eigenvalue weighted by atomic mass is 127. The van der Waals surface area contributed by atoms with Gasteiger partial charge in [-0.3, -0.25) is 0 Å². The zero-order chi connectivity index (χ0) is 12.6. The van der Waals surface area contributed by atoms with Crippen molar-refractivity contribution >= 4 is 65.8 Å². The molecule has 2 aromatic rings. The fourth-order valence-electron chi connectivity index (χ4n) is 1.76. The van der Waals surface area contributed by atoms with E-state index in [4.69, 9.17) is 0 Å². The molecule has 1 atom stereocenters. The minimum Gasteiger partial charge on any atom is -0.144 e. The number of hydrogen-bond donors (Lipinski definition) is 0. The van der Waals surface area contributed by atoms with Gasteiger partial charge in [0.2, 0.25) is 0 Å². The van der Waals surface area contributed by atoms with Crippen LogP contribution in [-0.2, 0) is 0 Å². The largest absolute Gasteiger partial charge is 0.144 e. The summed E-state index contributed by atoms with van der Waals surface area (Å²) in [6.07, 6.45) is 0. The Balaban J connectivity index is 2.46. The molecule has 1 aromatic heterocycles. The molecule has 0 saturated heterocycles. The average Bonchev–Trinajstić information content (AvgIpc) is 2.60. The fraction of sp³-hybridized carbons (Fsp3) is 0.231. The van der Waals surface area contributed by atoms with Gasteiger partial charge < -0.3 is 0 Å². The van der Waals surface area contributed by atoms with Gasteiger partial charge in [0, 0.05) is 17.8 Å². The van der Waals surface area contributed by atoms with Crippen LogP contribution in [0, 0.1) is 17.4 Å². The predicted molar refractivity (Wildman–Crippen MR) is 91.4 cm³/mol. The molecular weight excluding hydrogens is 475 g/mol. The summed E-state index contributed by atoms with van der Waals surface area (Å²) in [6, 6.07) is 8.69. The maximum absolute atomic E-state index is 3.82. The minimum atomic E-state index is 0.269. The third-order valence-corrected chi connectivity index (χ3v) is 6.41. The van der Waals surface area contributed by atoms with Gasteiger partial charge in [-0.1, -0.05) is 31.9 Å². The first kappa shape index (κ1) is 14.0. The molecular formula is C13H11Br2IS. The van der Waals surface area contributed by atoms with Crippen molar-refractivity contribution in [2.24, 2.45) is 0 Å². The number of alkyl halides is 1. The van der Waals surface area contributed by atoms with Crippen LogP contribution in [0.15, 0.2) is 28.7 Å². The van der Waals surface area contributed by atoms with Crippen LogP contribution in [0.4, 0.5) is 0 Å². The lowest BCUT2D eigenvalue weighted by atomic mass is 10.1. The Morgan fingerprint density at radius 2 is 1.94 bits per heavy atom. The van der Waals surface area contributed by atoms with Gasteiger partial charge in [0.25, 0.3) is 0 Å². The van der Waals surface area contributed by atoms with Crippen molar-refractivity contribution in [2.75, 3.05) is 0 Å². The molecule has 0 aliphatic heterocycles. The van der Waals surface area contributed by atoms with Crippen molar-refractivity contribution in [3.05, 3.63) is 53.2 Å². The van der Waals surface area contributed by atoms with E-state index in [-0.39, 0.29) is 4.83 Å². The Bertz CT molecular complexity index is 548. The molecule has 0 nitrogen and oxygen atoms in total. The van der Waals surface area contributed by atoms with E-state index >= 15 is 0 Å². The van der Waals surface area contributed by atoms with Gasteiger partial charge in [0.05, 0.1) is 4.83 Å². The van der Waals surface area contributed by atoms with Gasteiger partial charge in [-0.2, -0.15) is 0 Å². The van der Waals surface area contributed by atoms with E-state index < -0.39 is 0 Å². The van der Waals surface area contributed by atoms with E-state index in [1.807, 2.05) is 11.3 Å². The maximum Gasteiger partial charge on any atom is 0.0752 e. The summed E-state index contributed by atoms with van der Waals surface area (Å²) in [6.45, 7) is 4.33. The topological polar surface area (TPSA) is 0 Å². The zero-order valence-electron chi connectivity index (χ0n) is 9.43. The number of hydrogen-bond acceptors (Lipinski definition) is 1. The predicted octanol–water partition coefficient (Wildman–Crippen LogP) is 6.22. The average molecular weight is 486 g/mol. The summed E-state index contributed by atoms with van der Waals surface area (Å²) in [5.41, 5.74) is 2.65.